The summed E-state index contributed by atoms with van der Waals surface area (Å²) in [5.41, 5.74) is 2.36. The van der Waals surface area contributed by atoms with E-state index in [0.29, 0.717) is 0 Å². The molecule has 15 heavy (non-hydrogen) atoms. The number of aryl methyl sites for hydroxylation is 1. The zero-order valence-electron chi connectivity index (χ0n) is 8.95. The van der Waals surface area contributed by atoms with E-state index >= 15 is 0 Å². The van der Waals surface area contributed by atoms with Crippen LogP contribution >= 0.6 is 0 Å². The lowest BCUT2D eigenvalue weighted by molar-refractivity contribution is 0.477. The number of hydrogen-bond acceptors (Lipinski definition) is 1. The van der Waals surface area contributed by atoms with E-state index in [-0.39, 0.29) is 0 Å². The van der Waals surface area contributed by atoms with E-state index in [1.807, 2.05) is 49.4 Å². The Morgan fingerprint density at radius 3 is 2.47 bits per heavy atom. The summed E-state index contributed by atoms with van der Waals surface area (Å²) >= 11 is 0. The van der Waals surface area contributed by atoms with Crippen molar-refractivity contribution in [1.29, 1.82) is 0 Å². The van der Waals surface area contributed by atoms with Crippen LogP contribution in [0.1, 0.15) is 11.1 Å². The summed E-state index contributed by atoms with van der Waals surface area (Å²) in [6.45, 7) is 4.12. The molecule has 0 heterocycles. The molecule has 1 nitrogen and oxygen atoms in total. The predicted molar refractivity (Wildman–Crippen MR) is 61.3 cm³/mol. The first-order valence-corrected chi connectivity index (χ1v) is 4.98. The molecule has 0 saturated heterocycles. The molecule has 2 aromatic rings. The minimum Gasteiger partial charge on any atom is -0.456 e. The third-order valence-corrected chi connectivity index (χ3v) is 2.44. The van der Waals surface area contributed by atoms with Crippen LogP contribution in [0.2, 0.25) is 0 Å². The SMILES string of the molecule is Cc1cc[c]c(Oc2ccccc2)c1C. The van der Waals surface area contributed by atoms with Crippen molar-refractivity contribution in [2.24, 2.45) is 0 Å². The number of para-hydroxylation sites is 1. The molecule has 0 N–H and O–H groups in total. The highest BCUT2D eigenvalue weighted by molar-refractivity contribution is 5.40. The first-order valence-electron chi connectivity index (χ1n) is 4.98. The van der Waals surface area contributed by atoms with Crippen LogP contribution in [0.4, 0.5) is 0 Å². The molecular formula is C14H13O. The lowest BCUT2D eigenvalue weighted by Gasteiger charge is -2.09. The second-order valence-electron chi connectivity index (χ2n) is 3.53. The average Bonchev–Trinajstić information content (AvgIpc) is 2.26. The molecule has 0 fully saturated rings. The molecule has 0 aliphatic carbocycles. The maximum atomic E-state index is 5.73. The van der Waals surface area contributed by atoms with E-state index in [1.165, 1.54) is 5.56 Å². The summed E-state index contributed by atoms with van der Waals surface area (Å²) < 4.78 is 5.73. The molecule has 0 bridgehead atoms. The normalized spacial score (nSPS) is 10.0. The Balaban J connectivity index is 2.29. The minimum absolute atomic E-state index is 0.807. The van der Waals surface area contributed by atoms with Crippen molar-refractivity contribution in [3.05, 3.63) is 59.7 Å². The molecule has 0 aromatic heterocycles. The number of rotatable bonds is 2. The van der Waals surface area contributed by atoms with Crippen molar-refractivity contribution in [2.75, 3.05) is 0 Å². The Bertz CT molecular complexity index is 446. The smallest absolute Gasteiger partial charge is 0.138 e. The zero-order valence-corrected chi connectivity index (χ0v) is 8.95. The van der Waals surface area contributed by atoms with Crippen molar-refractivity contribution >= 4 is 0 Å². The maximum Gasteiger partial charge on any atom is 0.138 e. The van der Waals surface area contributed by atoms with Crippen LogP contribution < -0.4 is 4.74 Å². The van der Waals surface area contributed by atoms with Gasteiger partial charge in [-0.15, -0.1) is 0 Å². The highest BCUT2D eigenvalue weighted by Gasteiger charge is 2.02. The summed E-state index contributed by atoms with van der Waals surface area (Å²) in [7, 11) is 0. The summed E-state index contributed by atoms with van der Waals surface area (Å²) in [5.74, 6) is 1.66. The van der Waals surface area contributed by atoms with E-state index in [0.717, 1.165) is 17.1 Å². The Morgan fingerprint density at radius 2 is 1.73 bits per heavy atom. The fourth-order valence-corrected chi connectivity index (χ4v) is 1.37. The van der Waals surface area contributed by atoms with Gasteiger partial charge in [0.15, 0.2) is 0 Å². The number of hydrogen-bond donors (Lipinski definition) is 0. The van der Waals surface area contributed by atoms with Crippen LogP contribution in [0.3, 0.4) is 0 Å². The quantitative estimate of drug-likeness (QED) is 0.709. The molecule has 2 rings (SSSR count). The average molecular weight is 197 g/mol. The van der Waals surface area contributed by atoms with E-state index in [1.54, 1.807) is 0 Å². The third kappa shape index (κ3) is 2.18. The highest BCUT2D eigenvalue weighted by Crippen LogP contribution is 2.25. The molecular weight excluding hydrogens is 184 g/mol. The molecule has 2 aromatic carbocycles. The second-order valence-corrected chi connectivity index (χ2v) is 3.53. The van der Waals surface area contributed by atoms with E-state index in [2.05, 4.69) is 13.0 Å². The van der Waals surface area contributed by atoms with Crippen molar-refractivity contribution in [3.8, 4) is 11.5 Å². The standard InChI is InChI=1S/C14H13O/c1-11-7-6-10-14(12(11)2)15-13-8-4-3-5-9-13/h3-9H,1-2H3. The highest BCUT2D eigenvalue weighted by atomic mass is 16.5. The van der Waals surface area contributed by atoms with E-state index < -0.39 is 0 Å². The Hall–Kier alpha value is -1.76. The third-order valence-electron chi connectivity index (χ3n) is 2.44. The van der Waals surface area contributed by atoms with Crippen LogP contribution in [-0.2, 0) is 0 Å². The predicted octanol–water partition coefficient (Wildman–Crippen LogP) is 3.90. The van der Waals surface area contributed by atoms with Gasteiger partial charge >= 0.3 is 0 Å². The summed E-state index contributed by atoms with van der Waals surface area (Å²) in [6, 6.07) is 16.8. The van der Waals surface area contributed by atoms with Crippen LogP contribution in [0, 0.1) is 19.9 Å². The molecule has 1 heteroatoms. The van der Waals surface area contributed by atoms with Gasteiger partial charge in [0.25, 0.3) is 0 Å². The van der Waals surface area contributed by atoms with Crippen molar-refractivity contribution in [3.63, 3.8) is 0 Å². The van der Waals surface area contributed by atoms with Gasteiger partial charge in [-0.05, 0) is 37.1 Å². The molecule has 0 unspecified atom stereocenters. The number of ether oxygens (including phenoxy) is 1. The van der Waals surface area contributed by atoms with Gasteiger partial charge in [-0.25, -0.2) is 0 Å². The largest absolute Gasteiger partial charge is 0.456 e. The van der Waals surface area contributed by atoms with Gasteiger partial charge in [0.05, 0.1) is 0 Å². The first kappa shape index (κ1) is 9.78. The van der Waals surface area contributed by atoms with Gasteiger partial charge in [0.2, 0.25) is 0 Å². The van der Waals surface area contributed by atoms with Gasteiger partial charge in [0, 0.05) is 6.07 Å². The monoisotopic (exact) mass is 197 g/mol. The van der Waals surface area contributed by atoms with Crippen molar-refractivity contribution in [1.82, 2.24) is 0 Å². The van der Waals surface area contributed by atoms with E-state index in [9.17, 15) is 0 Å². The van der Waals surface area contributed by atoms with Gasteiger partial charge in [-0.1, -0.05) is 30.3 Å². The maximum absolute atomic E-state index is 5.73. The lowest BCUT2D eigenvalue weighted by Crippen LogP contribution is -1.89. The molecule has 0 spiro atoms. The first-order chi connectivity index (χ1) is 7.27. The van der Waals surface area contributed by atoms with Gasteiger partial charge < -0.3 is 4.74 Å². The van der Waals surface area contributed by atoms with Crippen molar-refractivity contribution < 1.29 is 4.74 Å². The Labute approximate surface area is 90.3 Å². The Kier molecular flexibility index (Phi) is 2.72. The van der Waals surface area contributed by atoms with Gasteiger partial charge in [-0.3, -0.25) is 0 Å². The zero-order chi connectivity index (χ0) is 10.7. The molecule has 75 valence electrons. The molecule has 0 aliphatic heterocycles. The molecule has 1 radical (unpaired) electrons. The van der Waals surface area contributed by atoms with Crippen LogP contribution in [0.25, 0.3) is 0 Å². The van der Waals surface area contributed by atoms with Crippen LogP contribution in [0.15, 0.2) is 42.5 Å². The summed E-state index contributed by atoms with van der Waals surface area (Å²) in [5, 5.41) is 0. The fraction of sp³-hybridized carbons (Fsp3) is 0.143. The second kappa shape index (κ2) is 4.18. The van der Waals surface area contributed by atoms with Crippen molar-refractivity contribution in [2.45, 2.75) is 13.8 Å². The lowest BCUT2D eigenvalue weighted by atomic mass is 10.1. The van der Waals surface area contributed by atoms with Gasteiger partial charge in [-0.2, -0.15) is 0 Å². The molecule has 0 aliphatic rings. The van der Waals surface area contributed by atoms with Crippen LogP contribution in [0.5, 0.6) is 11.5 Å². The van der Waals surface area contributed by atoms with Gasteiger partial charge in [0.1, 0.15) is 11.5 Å². The minimum atomic E-state index is 0.807. The molecule has 0 atom stereocenters. The van der Waals surface area contributed by atoms with E-state index in [4.69, 9.17) is 4.74 Å². The molecule has 0 amide bonds. The topological polar surface area (TPSA) is 9.23 Å². The number of benzene rings is 2. The molecule has 0 saturated carbocycles. The fourth-order valence-electron chi connectivity index (χ4n) is 1.37. The van der Waals surface area contributed by atoms with Crippen LogP contribution in [-0.4, -0.2) is 0 Å². The summed E-state index contributed by atoms with van der Waals surface area (Å²) in [4.78, 5) is 0. The Morgan fingerprint density at radius 1 is 1.00 bits per heavy atom. The summed E-state index contributed by atoms with van der Waals surface area (Å²) in [6.07, 6.45) is 0.